The molecular formula is C11H13F3N2O4. The van der Waals surface area contributed by atoms with E-state index in [9.17, 15) is 22.8 Å². The lowest BCUT2D eigenvalue weighted by Crippen LogP contribution is -2.42. The fourth-order valence-electron chi connectivity index (χ4n) is 1.57. The molecule has 0 aliphatic rings. The van der Waals surface area contributed by atoms with Gasteiger partial charge in [0.15, 0.2) is 0 Å². The molecule has 3 N–H and O–H groups in total. The molecule has 1 heterocycles. The molecule has 1 unspecified atom stereocenters. The number of carbonyl (C=O) groups excluding carboxylic acids is 1. The lowest BCUT2D eigenvalue weighted by atomic mass is 10.2. The monoisotopic (exact) mass is 294 g/mol. The van der Waals surface area contributed by atoms with Crippen LogP contribution in [-0.2, 0) is 11.3 Å². The normalized spacial score (nSPS) is 13.0. The molecule has 0 aliphatic carbocycles. The van der Waals surface area contributed by atoms with Crippen molar-refractivity contribution in [3.05, 3.63) is 24.0 Å². The lowest BCUT2D eigenvalue weighted by molar-refractivity contribution is -0.141. The summed E-state index contributed by atoms with van der Waals surface area (Å²) in [5, 5.41) is 19.5. The minimum atomic E-state index is -4.49. The molecule has 1 amide bonds. The Balaban J connectivity index is 2.82. The van der Waals surface area contributed by atoms with Crippen LogP contribution in [-0.4, -0.2) is 45.5 Å². The van der Waals surface area contributed by atoms with Gasteiger partial charge in [-0.3, -0.25) is 4.79 Å². The summed E-state index contributed by atoms with van der Waals surface area (Å²) in [6.45, 7) is -1.82. The minimum absolute atomic E-state index is 0.235. The van der Waals surface area contributed by atoms with Crippen molar-refractivity contribution in [2.45, 2.75) is 25.2 Å². The number of amides is 1. The van der Waals surface area contributed by atoms with E-state index in [1.165, 1.54) is 6.07 Å². The van der Waals surface area contributed by atoms with Crippen molar-refractivity contribution in [3.8, 4) is 0 Å². The van der Waals surface area contributed by atoms with Gasteiger partial charge in [0, 0.05) is 19.2 Å². The van der Waals surface area contributed by atoms with Gasteiger partial charge in [-0.05, 0) is 12.1 Å². The first kappa shape index (κ1) is 16.0. The van der Waals surface area contributed by atoms with Gasteiger partial charge < -0.3 is 20.1 Å². The van der Waals surface area contributed by atoms with Crippen molar-refractivity contribution < 1.29 is 33.0 Å². The van der Waals surface area contributed by atoms with Crippen molar-refractivity contribution >= 4 is 11.9 Å². The van der Waals surface area contributed by atoms with E-state index >= 15 is 0 Å². The first-order valence-electron chi connectivity index (χ1n) is 5.61. The zero-order valence-corrected chi connectivity index (χ0v) is 10.2. The van der Waals surface area contributed by atoms with Crippen LogP contribution in [0.4, 0.5) is 13.2 Å². The first-order chi connectivity index (χ1) is 9.24. The molecule has 0 saturated carbocycles. The maximum Gasteiger partial charge on any atom is 0.406 e. The molecule has 1 atom stereocenters. The highest BCUT2D eigenvalue weighted by atomic mass is 19.4. The second-order valence-electron chi connectivity index (χ2n) is 4.01. The molecule has 0 bridgehead atoms. The van der Waals surface area contributed by atoms with E-state index in [0.29, 0.717) is 4.57 Å². The van der Waals surface area contributed by atoms with Gasteiger partial charge >= 0.3 is 12.1 Å². The third kappa shape index (κ3) is 4.57. The number of aliphatic carboxylic acids is 1. The van der Waals surface area contributed by atoms with E-state index in [0.717, 1.165) is 12.3 Å². The van der Waals surface area contributed by atoms with Gasteiger partial charge in [0.1, 0.15) is 18.3 Å². The number of alkyl halides is 3. The van der Waals surface area contributed by atoms with Crippen LogP contribution in [0.1, 0.15) is 16.9 Å². The zero-order chi connectivity index (χ0) is 15.3. The summed E-state index contributed by atoms with van der Waals surface area (Å²) in [4.78, 5) is 22.6. The van der Waals surface area contributed by atoms with Gasteiger partial charge in [0.25, 0.3) is 5.91 Å². The maximum absolute atomic E-state index is 12.3. The Morgan fingerprint density at radius 3 is 2.55 bits per heavy atom. The summed E-state index contributed by atoms with van der Waals surface area (Å²) in [6.07, 6.45) is -3.66. The van der Waals surface area contributed by atoms with Gasteiger partial charge in [0.05, 0.1) is 0 Å². The summed E-state index contributed by atoms with van der Waals surface area (Å²) in [6, 6.07) is 1.04. The third-order valence-corrected chi connectivity index (χ3v) is 2.43. The van der Waals surface area contributed by atoms with Crippen LogP contribution in [0, 0.1) is 0 Å². The Morgan fingerprint density at radius 2 is 2.05 bits per heavy atom. The van der Waals surface area contributed by atoms with Crippen LogP contribution in [0.25, 0.3) is 0 Å². The standard InChI is InChI=1S/C11H13F3N2O4/c12-11(13,14)6-16-4-1-2-8(16)9(18)15-7(3-5-17)10(19)20/h1-2,4,7,17H,3,5-6H2,(H,15,18)(H,19,20). The Morgan fingerprint density at radius 1 is 1.40 bits per heavy atom. The van der Waals surface area contributed by atoms with Crippen molar-refractivity contribution in [2.24, 2.45) is 0 Å². The molecule has 20 heavy (non-hydrogen) atoms. The van der Waals surface area contributed by atoms with Crippen LogP contribution in [0.5, 0.6) is 0 Å². The third-order valence-electron chi connectivity index (χ3n) is 2.43. The summed E-state index contributed by atoms with van der Waals surface area (Å²) < 4.78 is 37.6. The molecule has 9 heteroatoms. The van der Waals surface area contributed by atoms with Crippen LogP contribution < -0.4 is 5.32 Å². The maximum atomic E-state index is 12.3. The van der Waals surface area contributed by atoms with Crippen LogP contribution in [0.3, 0.4) is 0 Å². The summed E-state index contributed by atoms with van der Waals surface area (Å²) in [5.41, 5.74) is -0.300. The van der Waals surface area contributed by atoms with Crippen molar-refractivity contribution in [1.29, 1.82) is 0 Å². The van der Waals surface area contributed by atoms with E-state index < -0.39 is 37.2 Å². The summed E-state index contributed by atoms with van der Waals surface area (Å²) >= 11 is 0. The number of hydrogen-bond donors (Lipinski definition) is 3. The zero-order valence-electron chi connectivity index (χ0n) is 10.2. The fraction of sp³-hybridized carbons (Fsp3) is 0.455. The Labute approximate surface area is 111 Å². The van der Waals surface area contributed by atoms with Crippen molar-refractivity contribution in [2.75, 3.05) is 6.61 Å². The van der Waals surface area contributed by atoms with Crippen LogP contribution >= 0.6 is 0 Å². The van der Waals surface area contributed by atoms with Gasteiger partial charge in [0.2, 0.25) is 0 Å². The highest BCUT2D eigenvalue weighted by Crippen LogP contribution is 2.19. The topological polar surface area (TPSA) is 91.6 Å². The van der Waals surface area contributed by atoms with Gasteiger partial charge in [-0.2, -0.15) is 13.2 Å². The molecule has 0 spiro atoms. The SMILES string of the molecule is O=C(NC(CCO)C(=O)O)c1cccn1CC(F)(F)F. The van der Waals surface area contributed by atoms with E-state index in [4.69, 9.17) is 10.2 Å². The van der Waals surface area contributed by atoms with Crippen LogP contribution in [0.2, 0.25) is 0 Å². The second kappa shape index (κ2) is 6.42. The predicted octanol–water partition coefficient (Wildman–Crippen LogP) is 0.616. The lowest BCUT2D eigenvalue weighted by Gasteiger charge is -2.15. The van der Waals surface area contributed by atoms with Crippen molar-refractivity contribution in [3.63, 3.8) is 0 Å². The Hall–Kier alpha value is -2.03. The molecule has 1 rings (SSSR count). The molecule has 0 radical (unpaired) electrons. The quantitative estimate of drug-likeness (QED) is 0.717. The number of nitrogens with one attached hydrogen (secondary N) is 1. The molecule has 6 nitrogen and oxygen atoms in total. The van der Waals surface area contributed by atoms with Crippen molar-refractivity contribution in [1.82, 2.24) is 9.88 Å². The molecule has 0 aliphatic heterocycles. The number of carbonyl (C=O) groups is 2. The van der Waals surface area contributed by atoms with Gasteiger partial charge in [-0.25, -0.2) is 4.79 Å². The molecule has 112 valence electrons. The number of halogens is 3. The number of nitrogens with zero attached hydrogens (tertiary/aromatic N) is 1. The molecule has 1 aromatic rings. The number of aliphatic hydroxyl groups excluding tert-OH is 1. The molecule has 0 fully saturated rings. The number of aromatic nitrogens is 1. The largest absolute Gasteiger partial charge is 0.480 e. The smallest absolute Gasteiger partial charge is 0.406 e. The number of carboxylic acids is 1. The van der Waals surface area contributed by atoms with Crippen LogP contribution in [0.15, 0.2) is 18.3 Å². The number of hydrogen-bond acceptors (Lipinski definition) is 3. The molecule has 1 aromatic heterocycles. The number of rotatable bonds is 6. The Bertz CT molecular complexity index is 484. The average Bonchev–Trinajstić information content (AvgIpc) is 2.73. The molecule has 0 saturated heterocycles. The Kier molecular flexibility index (Phi) is 5.14. The second-order valence-corrected chi connectivity index (χ2v) is 4.01. The van der Waals surface area contributed by atoms with E-state index in [1.54, 1.807) is 0 Å². The highest BCUT2D eigenvalue weighted by molar-refractivity contribution is 5.95. The first-order valence-corrected chi connectivity index (χ1v) is 5.61. The minimum Gasteiger partial charge on any atom is -0.480 e. The van der Waals surface area contributed by atoms with E-state index in [1.807, 2.05) is 0 Å². The summed E-state index contributed by atoms with van der Waals surface area (Å²) in [5.74, 6) is -2.32. The predicted molar refractivity (Wildman–Crippen MR) is 61.1 cm³/mol. The number of carboxylic acid groups (broad SMARTS) is 1. The summed E-state index contributed by atoms with van der Waals surface area (Å²) in [7, 11) is 0. The van der Waals surface area contributed by atoms with Gasteiger partial charge in [-0.15, -0.1) is 0 Å². The fourth-order valence-corrected chi connectivity index (χ4v) is 1.57. The molecule has 0 aromatic carbocycles. The average molecular weight is 294 g/mol. The molecular weight excluding hydrogens is 281 g/mol. The number of aliphatic hydroxyl groups is 1. The van der Waals surface area contributed by atoms with E-state index in [-0.39, 0.29) is 12.1 Å². The highest BCUT2D eigenvalue weighted by Gasteiger charge is 2.30. The van der Waals surface area contributed by atoms with Gasteiger partial charge in [-0.1, -0.05) is 0 Å². The van der Waals surface area contributed by atoms with E-state index in [2.05, 4.69) is 5.32 Å².